The van der Waals surface area contributed by atoms with Crippen LogP contribution in [0.15, 0.2) is 4.99 Å². The Kier molecular flexibility index (Phi) is 5.24. The first-order valence-electron chi connectivity index (χ1n) is 8.97. The molecule has 1 spiro atoms. The van der Waals surface area contributed by atoms with E-state index >= 15 is 0 Å². The SMILES string of the molecule is CN=C(NCC1CN(C)CCO1)N1CCC2(CCCCC2)C1. The van der Waals surface area contributed by atoms with Crippen molar-refractivity contribution in [1.82, 2.24) is 15.1 Å². The van der Waals surface area contributed by atoms with Gasteiger partial charge in [0.1, 0.15) is 0 Å². The lowest BCUT2D eigenvalue weighted by Gasteiger charge is -2.34. The lowest BCUT2D eigenvalue weighted by molar-refractivity contribution is -0.0163. The molecule has 3 aliphatic rings. The second-order valence-corrected chi connectivity index (χ2v) is 7.42. The van der Waals surface area contributed by atoms with Gasteiger partial charge in [0, 0.05) is 39.8 Å². The Labute approximate surface area is 135 Å². The molecule has 5 heteroatoms. The van der Waals surface area contributed by atoms with Gasteiger partial charge < -0.3 is 19.9 Å². The smallest absolute Gasteiger partial charge is 0.193 e. The Bertz CT molecular complexity index is 392. The number of aliphatic imine (C=N–C) groups is 1. The predicted molar refractivity (Wildman–Crippen MR) is 90.3 cm³/mol. The van der Waals surface area contributed by atoms with Crippen LogP contribution in [-0.2, 0) is 4.74 Å². The number of rotatable bonds is 2. The van der Waals surface area contributed by atoms with E-state index in [2.05, 4.69) is 27.2 Å². The van der Waals surface area contributed by atoms with Crippen molar-refractivity contribution in [3.05, 3.63) is 0 Å². The van der Waals surface area contributed by atoms with Crippen molar-refractivity contribution in [2.45, 2.75) is 44.6 Å². The van der Waals surface area contributed by atoms with Crippen molar-refractivity contribution >= 4 is 5.96 Å². The number of likely N-dealkylation sites (N-methyl/N-ethyl adjacent to an activating group) is 1. The van der Waals surface area contributed by atoms with Gasteiger partial charge in [-0.15, -0.1) is 0 Å². The minimum Gasteiger partial charge on any atom is -0.374 e. The first-order chi connectivity index (χ1) is 10.7. The van der Waals surface area contributed by atoms with E-state index in [0.29, 0.717) is 5.41 Å². The first-order valence-corrected chi connectivity index (χ1v) is 8.97. The van der Waals surface area contributed by atoms with Crippen LogP contribution in [0.5, 0.6) is 0 Å². The molecule has 0 bridgehead atoms. The Morgan fingerprint density at radius 3 is 2.77 bits per heavy atom. The van der Waals surface area contributed by atoms with Gasteiger partial charge in [-0.05, 0) is 31.7 Å². The molecule has 2 saturated heterocycles. The molecule has 0 amide bonds. The highest BCUT2D eigenvalue weighted by molar-refractivity contribution is 5.80. The summed E-state index contributed by atoms with van der Waals surface area (Å²) in [6.45, 7) is 6.10. The third-order valence-electron chi connectivity index (χ3n) is 5.69. The quantitative estimate of drug-likeness (QED) is 0.621. The average Bonchev–Trinajstić information content (AvgIpc) is 2.92. The maximum Gasteiger partial charge on any atom is 0.193 e. The van der Waals surface area contributed by atoms with E-state index in [0.717, 1.165) is 38.7 Å². The van der Waals surface area contributed by atoms with Gasteiger partial charge in [0.15, 0.2) is 5.96 Å². The minimum atomic E-state index is 0.279. The summed E-state index contributed by atoms with van der Waals surface area (Å²) in [6, 6.07) is 0. The number of nitrogens with zero attached hydrogens (tertiary/aromatic N) is 3. The highest BCUT2D eigenvalue weighted by atomic mass is 16.5. The number of ether oxygens (including phenoxy) is 1. The summed E-state index contributed by atoms with van der Waals surface area (Å²) in [5, 5.41) is 3.55. The van der Waals surface area contributed by atoms with Gasteiger partial charge in [-0.2, -0.15) is 0 Å². The van der Waals surface area contributed by atoms with Gasteiger partial charge in [0.25, 0.3) is 0 Å². The van der Waals surface area contributed by atoms with E-state index in [4.69, 9.17) is 4.74 Å². The Hall–Kier alpha value is -0.810. The Balaban J connectivity index is 1.49. The summed E-state index contributed by atoms with van der Waals surface area (Å²) in [5.41, 5.74) is 0.581. The maximum atomic E-state index is 5.84. The van der Waals surface area contributed by atoms with Crippen molar-refractivity contribution in [1.29, 1.82) is 0 Å². The molecule has 1 atom stereocenters. The number of morpholine rings is 1. The molecule has 126 valence electrons. The van der Waals surface area contributed by atoms with Gasteiger partial charge in [0.05, 0.1) is 12.7 Å². The summed E-state index contributed by atoms with van der Waals surface area (Å²) < 4.78 is 5.84. The van der Waals surface area contributed by atoms with Gasteiger partial charge in [-0.3, -0.25) is 4.99 Å². The molecule has 5 nitrogen and oxygen atoms in total. The van der Waals surface area contributed by atoms with Crippen molar-refractivity contribution in [2.24, 2.45) is 10.4 Å². The second kappa shape index (κ2) is 7.18. The van der Waals surface area contributed by atoms with Gasteiger partial charge in [-0.25, -0.2) is 0 Å². The van der Waals surface area contributed by atoms with E-state index < -0.39 is 0 Å². The molecule has 1 unspecified atom stereocenters. The highest BCUT2D eigenvalue weighted by Crippen LogP contribution is 2.43. The molecule has 1 aliphatic carbocycles. The Morgan fingerprint density at radius 2 is 2.05 bits per heavy atom. The largest absolute Gasteiger partial charge is 0.374 e. The van der Waals surface area contributed by atoms with Crippen molar-refractivity contribution in [3.8, 4) is 0 Å². The number of hydrogen-bond acceptors (Lipinski definition) is 3. The van der Waals surface area contributed by atoms with E-state index in [9.17, 15) is 0 Å². The van der Waals surface area contributed by atoms with Gasteiger partial charge in [0.2, 0.25) is 0 Å². The number of nitrogens with one attached hydrogen (secondary N) is 1. The van der Waals surface area contributed by atoms with Crippen LogP contribution in [0.2, 0.25) is 0 Å². The van der Waals surface area contributed by atoms with Crippen LogP contribution in [-0.4, -0.2) is 75.3 Å². The first kappa shape index (κ1) is 16.1. The maximum absolute atomic E-state index is 5.84. The minimum absolute atomic E-state index is 0.279. The highest BCUT2D eigenvalue weighted by Gasteiger charge is 2.39. The molecule has 1 N–H and O–H groups in total. The zero-order valence-electron chi connectivity index (χ0n) is 14.3. The number of hydrogen-bond donors (Lipinski definition) is 1. The second-order valence-electron chi connectivity index (χ2n) is 7.42. The summed E-state index contributed by atoms with van der Waals surface area (Å²) in [6.07, 6.45) is 8.72. The fraction of sp³-hybridized carbons (Fsp3) is 0.941. The van der Waals surface area contributed by atoms with E-state index in [-0.39, 0.29) is 6.10 Å². The monoisotopic (exact) mass is 308 g/mol. The van der Waals surface area contributed by atoms with E-state index in [1.165, 1.54) is 45.1 Å². The van der Waals surface area contributed by atoms with Gasteiger partial charge >= 0.3 is 0 Å². The molecule has 1 saturated carbocycles. The normalized spacial score (nSPS) is 30.0. The van der Waals surface area contributed by atoms with Crippen LogP contribution >= 0.6 is 0 Å². The Morgan fingerprint density at radius 1 is 1.23 bits per heavy atom. The van der Waals surface area contributed by atoms with Crippen LogP contribution in [0.1, 0.15) is 38.5 Å². The van der Waals surface area contributed by atoms with Gasteiger partial charge in [-0.1, -0.05) is 19.3 Å². The van der Waals surface area contributed by atoms with Crippen molar-refractivity contribution < 1.29 is 4.74 Å². The number of likely N-dealkylation sites (tertiary alicyclic amines) is 1. The predicted octanol–water partition coefficient (Wildman–Crippen LogP) is 1.55. The fourth-order valence-electron chi connectivity index (χ4n) is 4.35. The van der Waals surface area contributed by atoms with Crippen LogP contribution < -0.4 is 5.32 Å². The van der Waals surface area contributed by atoms with Crippen LogP contribution in [0.3, 0.4) is 0 Å². The average molecular weight is 308 g/mol. The molecule has 0 aromatic rings. The molecule has 0 aromatic carbocycles. The molecule has 2 aliphatic heterocycles. The molecular weight excluding hydrogens is 276 g/mol. The molecule has 3 rings (SSSR count). The standard InChI is InChI=1S/C17H32N4O/c1-18-16(19-12-15-13-20(2)10-11-22-15)21-9-8-17(14-21)6-4-3-5-7-17/h15H,3-14H2,1-2H3,(H,18,19). The molecular formula is C17H32N4O. The zero-order valence-corrected chi connectivity index (χ0v) is 14.3. The molecule has 22 heavy (non-hydrogen) atoms. The lowest BCUT2D eigenvalue weighted by atomic mass is 9.73. The van der Waals surface area contributed by atoms with Crippen LogP contribution in [0.4, 0.5) is 0 Å². The van der Waals surface area contributed by atoms with Crippen molar-refractivity contribution in [3.63, 3.8) is 0 Å². The summed E-state index contributed by atoms with van der Waals surface area (Å²) >= 11 is 0. The summed E-state index contributed by atoms with van der Waals surface area (Å²) in [4.78, 5) is 9.32. The number of guanidine groups is 1. The third-order valence-corrected chi connectivity index (χ3v) is 5.69. The van der Waals surface area contributed by atoms with Crippen molar-refractivity contribution in [2.75, 3.05) is 53.4 Å². The molecule has 3 fully saturated rings. The topological polar surface area (TPSA) is 40.1 Å². The zero-order chi connectivity index (χ0) is 15.4. The van der Waals surface area contributed by atoms with E-state index in [1.807, 2.05) is 7.05 Å². The van der Waals surface area contributed by atoms with Crippen LogP contribution in [0.25, 0.3) is 0 Å². The van der Waals surface area contributed by atoms with E-state index in [1.54, 1.807) is 0 Å². The molecule has 0 aromatic heterocycles. The fourth-order valence-corrected chi connectivity index (χ4v) is 4.35. The molecule has 2 heterocycles. The molecule has 0 radical (unpaired) electrons. The lowest BCUT2D eigenvalue weighted by Crippen LogP contribution is -2.49. The third kappa shape index (κ3) is 3.74. The summed E-state index contributed by atoms with van der Waals surface area (Å²) in [5.74, 6) is 1.07. The van der Waals surface area contributed by atoms with Crippen LogP contribution in [0, 0.1) is 5.41 Å². The summed E-state index contributed by atoms with van der Waals surface area (Å²) in [7, 11) is 4.07.